The van der Waals surface area contributed by atoms with Crippen LogP contribution in [-0.2, 0) is 10.0 Å². The van der Waals surface area contributed by atoms with Crippen molar-refractivity contribution in [1.29, 1.82) is 0 Å². The molecule has 0 radical (unpaired) electrons. The molecule has 5 rings (SSSR count). The number of fused-ring (bicyclic) bond motifs is 2. The third-order valence-electron chi connectivity index (χ3n) is 5.46. The molecule has 8 heteroatoms. The van der Waals surface area contributed by atoms with Gasteiger partial charge in [-0.25, -0.2) is 8.42 Å². The van der Waals surface area contributed by atoms with Crippen molar-refractivity contribution in [2.45, 2.75) is 17.4 Å². The highest BCUT2D eigenvalue weighted by Crippen LogP contribution is 2.28. The van der Waals surface area contributed by atoms with Gasteiger partial charge in [0.15, 0.2) is 0 Å². The average molecular weight is 408 g/mol. The quantitative estimate of drug-likeness (QED) is 0.483. The van der Waals surface area contributed by atoms with E-state index in [1.165, 1.54) is 4.31 Å². The van der Waals surface area contributed by atoms with E-state index in [1.807, 2.05) is 36.4 Å². The van der Waals surface area contributed by atoms with Crippen molar-refractivity contribution in [3.63, 3.8) is 0 Å². The summed E-state index contributed by atoms with van der Waals surface area (Å²) in [5.41, 5.74) is 8.36. The van der Waals surface area contributed by atoms with Gasteiger partial charge in [-0.2, -0.15) is 4.31 Å². The Hall–Kier alpha value is -2.94. The van der Waals surface area contributed by atoms with E-state index in [0.29, 0.717) is 30.8 Å². The van der Waals surface area contributed by atoms with Gasteiger partial charge in [0, 0.05) is 35.6 Å². The first-order valence-electron chi connectivity index (χ1n) is 9.43. The Morgan fingerprint density at radius 2 is 1.76 bits per heavy atom. The molecule has 0 bridgehead atoms. The molecule has 4 aromatic rings. The van der Waals surface area contributed by atoms with Gasteiger partial charge in [0.1, 0.15) is 0 Å². The second-order valence-electron chi connectivity index (χ2n) is 7.44. The van der Waals surface area contributed by atoms with Crippen molar-refractivity contribution in [2.24, 2.45) is 5.73 Å². The molecule has 1 fully saturated rings. The molecular weight excluding hydrogens is 388 g/mol. The Morgan fingerprint density at radius 1 is 0.966 bits per heavy atom. The number of sulfonamides is 1. The minimum atomic E-state index is -3.58. The average Bonchev–Trinajstić information content (AvgIpc) is 3.33. The molecule has 0 amide bonds. The molecule has 1 saturated heterocycles. The van der Waals surface area contributed by atoms with Crippen LogP contribution in [-0.4, -0.2) is 41.8 Å². The van der Waals surface area contributed by atoms with Crippen molar-refractivity contribution < 1.29 is 8.42 Å². The summed E-state index contributed by atoms with van der Waals surface area (Å²) >= 11 is 0. The number of hydrogen-bond acceptors (Lipinski definition) is 4. The monoisotopic (exact) mass is 408 g/mol. The maximum absolute atomic E-state index is 12.9. The van der Waals surface area contributed by atoms with Crippen LogP contribution in [0.15, 0.2) is 64.3 Å². The first-order chi connectivity index (χ1) is 13.9. The highest BCUT2D eigenvalue weighted by atomic mass is 32.2. The number of aromatic amines is 2. The lowest BCUT2D eigenvalue weighted by atomic mass is 10.1. The summed E-state index contributed by atoms with van der Waals surface area (Å²) in [6.07, 6.45) is 0.667. The van der Waals surface area contributed by atoms with Crippen LogP contribution in [0.3, 0.4) is 0 Å². The van der Waals surface area contributed by atoms with Crippen molar-refractivity contribution in [3.8, 4) is 11.3 Å². The number of aromatic nitrogens is 2. The van der Waals surface area contributed by atoms with E-state index in [9.17, 15) is 13.2 Å². The molecule has 29 heavy (non-hydrogen) atoms. The summed E-state index contributed by atoms with van der Waals surface area (Å²) in [5, 5.41) is 1.66. The van der Waals surface area contributed by atoms with Gasteiger partial charge in [-0.15, -0.1) is 0 Å². The maximum atomic E-state index is 12.9. The van der Waals surface area contributed by atoms with Crippen molar-refractivity contribution in [2.75, 3.05) is 13.1 Å². The standard InChI is InChI=1S/C21H20N4O3S/c22-15-7-8-25(12-15)29(27,28)16-5-6-19-14(9-16)11-20(23-19)17-10-13-3-1-2-4-18(13)24-21(17)26/h1-6,9-11,15,23H,7-8,12,22H2,(H,24,26)/t15-/m0/s1. The number of rotatable bonds is 3. The van der Waals surface area contributed by atoms with Crippen LogP contribution in [0.5, 0.6) is 0 Å². The lowest BCUT2D eigenvalue weighted by molar-refractivity contribution is 0.472. The molecule has 2 aromatic heterocycles. The fourth-order valence-corrected chi connectivity index (χ4v) is 5.43. The van der Waals surface area contributed by atoms with E-state index in [0.717, 1.165) is 21.8 Å². The van der Waals surface area contributed by atoms with Crippen LogP contribution < -0.4 is 11.3 Å². The van der Waals surface area contributed by atoms with Gasteiger partial charge >= 0.3 is 0 Å². The minimum absolute atomic E-state index is 0.119. The highest BCUT2D eigenvalue weighted by molar-refractivity contribution is 7.89. The number of H-pyrrole nitrogens is 2. The van der Waals surface area contributed by atoms with E-state index in [2.05, 4.69) is 9.97 Å². The third kappa shape index (κ3) is 3.05. The van der Waals surface area contributed by atoms with Gasteiger partial charge in [0.05, 0.1) is 16.2 Å². The molecule has 0 saturated carbocycles. The lowest BCUT2D eigenvalue weighted by Gasteiger charge is -2.15. The molecule has 0 spiro atoms. The molecule has 1 atom stereocenters. The van der Waals surface area contributed by atoms with Gasteiger partial charge in [0.25, 0.3) is 5.56 Å². The molecule has 1 aliphatic rings. The summed E-state index contributed by atoms with van der Waals surface area (Å²) in [6.45, 7) is 0.775. The molecule has 148 valence electrons. The van der Waals surface area contributed by atoms with Crippen molar-refractivity contribution >= 4 is 31.8 Å². The minimum Gasteiger partial charge on any atom is -0.354 e. The largest absolute Gasteiger partial charge is 0.354 e. The molecule has 1 aliphatic heterocycles. The van der Waals surface area contributed by atoms with Gasteiger partial charge in [-0.3, -0.25) is 4.79 Å². The highest BCUT2D eigenvalue weighted by Gasteiger charge is 2.31. The van der Waals surface area contributed by atoms with Crippen LogP contribution in [0.2, 0.25) is 0 Å². The van der Waals surface area contributed by atoms with Crippen LogP contribution >= 0.6 is 0 Å². The first-order valence-corrected chi connectivity index (χ1v) is 10.9. The lowest BCUT2D eigenvalue weighted by Crippen LogP contribution is -2.31. The number of nitrogens with two attached hydrogens (primary N) is 1. The Morgan fingerprint density at radius 3 is 2.55 bits per heavy atom. The number of nitrogens with zero attached hydrogens (tertiary/aromatic N) is 1. The van der Waals surface area contributed by atoms with Gasteiger partial charge in [-0.05, 0) is 48.2 Å². The van der Waals surface area contributed by atoms with Crippen LogP contribution in [0, 0.1) is 0 Å². The number of hydrogen-bond donors (Lipinski definition) is 3. The summed E-state index contributed by atoms with van der Waals surface area (Å²) < 4.78 is 27.2. The molecular formula is C21H20N4O3S. The summed E-state index contributed by atoms with van der Waals surface area (Å²) in [5.74, 6) is 0. The van der Waals surface area contributed by atoms with Gasteiger partial charge < -0.3 is 15.7 Å². The normalized spacial score (nSPS) is 18.0. The third-order valence-corrected chi connectivity index (χ3v) is 7.32. The van der Waals surface area contributed by atoms with Crippen molar-refractivity contribution in [1.82, 2.24) is 14.3 Å². The van der Waals surface area contributed by atoms with Crippen LogP contribution in [0.4, 0.5) is 0 Å². The number of para-hydroxylation sites is 1. The SMILES string of the molecule is N[C@H]1CCN(S(=O)(=O)c2ccc3[nH]c(-c4cc5ccccc5[nH]c4=O)cc3c2)C1. The van der Waals surface area contributed by atoms with Crippen molar-refractivity contribution in [3.05, 3.63) is 65.0 Å². The predicted octanol–water partition coefficient (Wildman–Crippen LogP) is 2.40. The number of nitrogens with one attached hydrogen (secondary N) is 2. The van der Waals surface area contributed by atoms with Crippen LogP contribution in [0.1, 0.15) is 6.42 Å². The zero-order valence-corrected chi connectivity index (χ0v) is 16.4. The molecule has 7 nitrogen and oxygen atoms in total. The summed E-state index contributed by atoms with van der Waals surface area (Å²) in [6, 6.07) is 16.1. The fourth-order valence-electron chi connectivity index (χ4n) is 3.89. The zero-order chi connectivity index (χ0) is 20.2. The summed E-state index contributed by atoms with van der Waals surface area (Å²) in [4.78, 5) is 18.9. The molecule has 0 unspecified atom stereocenters. The fraction of sp³-hybridized carbons (Fsp3) is 0.190. The van der Waals surface area contributed by atoms with E-state index in [4.69, 9.17) is 5.73 Å². The van der Waals surface area contributed by atoms with E-state index < -0.39 is 10.0 Å². The molecule has 4 N–H and O–H groups in total. The topological polar surface area (TPSA) is 112 Å². The maximum Gasteiger partial charge on any atom is 0.257 e. The van der Waals surface area contributed by atoms with Gasteiger partial charge in [-0.1, -0.05) is 18.2 Å². The Bertz CT molecular complexity index is 1400. The zero-order valence-electron chi connectivity index (χ0n) is 15.6. The van der Waals surface area contributed by atoms with E-state index >= 15 is 0 Å². The van der Waals surface area contributed by atoms with Gasteiger partial charge in [0.2, 0.25) is 10.0 Å². The summed E-state index contributed by atoms with van der Waals surface area (Å²) in [7, 11) is -3.58. The Labute approximate surface area is 167 Å². The second-order valence-corrected chi connectivity index (χ2v) is 9.38. The van der Waals surface area contributed by atoms with Crippen LogP contribution in [0.25, 0.3) is 33.1 Å². The molecule has 0 aliphatic carbocycles. The molecule has 3 heterocycles. The predicted molar refractivity (Wildman–Crippen MR) is 113 cm³/mol. The smallest absolute Gasteiger partial charge is 0.257 e. The Balaban J connectivity index is 1.58. The Kier molecular flexibility index (Phi) is 4.09. The first kappa shape index (κ1) is 18.1. The number of benzene rings is 2. The van der Waals surface area contributed by atoms with E-state index in [-0.39, 0.29) is 16.5 Å². The second kappa shape index (κ2) is 6.55. The number of pyridine rings is 1. The molecule has 2 aromatic carbocycles. The van der Waals surface area contributed by atoms with E-state index in [1.54, 1.807) is 18.2 Å².